The number of amides is 1. The lowest BCUT2D eigenvalue weighted by Crippen LogP contribution is -2.62. The van der Waals surface area contributed by atoms with Crippen molar-refractivity contribution in [1.29, 1.82) is 0 Å². The molecule has 6 heteroatoms. The minimum absolute atomic E-state index is 0.0896. The Hall–Kier alpha value is -1.92. The van der Waals surface area contributed by atoms with Gasteiger partial charge in [-0.3, -0.25) is 10.2 Å². The SMILES string of the molecule is Cc1c[nH]c2ncc(C3CCC4C(=O)NNC(CN)C4C3)cc12. The molecule has 122 valence electrons. The Labute approximate surface area is 135 Å². The number of hydrogen-bond donors (Lipinski definition) is 4. The maximum absolute atomic E-state index is 12.1. The van der Waals surface area contributed by atoms with E-state index in [2.05, 4.69) is 33.8 Å². The van der Waals surface area contributed by atoms with Crippen molar-refractivity contribution in [1.82, 2.24) is 20.8 Å². The molecule has 0 spiro atoms. The van der Waals surface area contributed by atoms with Crippen molar-refractivity contribution in [2.75, 3.05) is 6.54 Å². The fourth-order valence-electron chi connectivity index (χ4n) is 4.25. The summed E-state index contributed by atoms with van der Waals surface area (Å²) in [5, 5.41) is 1.19. The first-order chi connectivity index (χ1) is 11.2. The average Bonchev–Trinajstić information content (AvgIpc) is 2.96. The molecule has 1 aliphatic carbocycles. The standard InChI is InChI=1S/C17H23N5O/c1-9-7-19-16-13(9)5-11(8-20-16)10-2-3-12-14(4-10)15(6-18)21-22-17(12)23/h5,7-8,10,12,14-15,21H,2-4,6,18H2,1H3,(H,19,20)(H,22,23). The highest BCUT2D eigenvalue weighted by Crippen LogP contribution is 2.42. The van der Waals surface area contributed by atoms with Crippen LogP contribution in [0, 0.1) is 18.8 Å². The van der Waals surface area contributed by atoms with Gasteiger partial charge in [-0.1, -0.05) is 0 Å². The third-order valence-corrected chi connectivity index (χ3v) is 5.62. The number of nitrogens with two attached hydrogens (primary N) is 1. The van der Waals surface area contributed by atoms with Gasteiger partial charge in [0.15, 0.2) is 0 Å². The molecule has 5 N–H and O–H groups in total. The van der Waals surface area contributed by atoms with Crippen molar-refractivity contribution in [2.24, 2.45) is 17.6 Å². The van der Waals surface area contributed by atoms with E-state index in [9.17, 15) is 4.79 Å². The number of aromatic amines is 1. The third-order valence-electron chi connectivity index (χ3n) is 5.62. The first kappa shape index (κ1) is 14.7. The highest BCUT2D eigenvalue weighted by Gasteiger charge is 2.42. The average molecular weight is 313 g/mol. The van der Waals surface area contributed by atoms with Gasteiger partial charge in [0.2, 0.25) is 5.91 Å². The monoisotopic (exact) mass is 313 g/mol. The topological polar surface area (TPSA) is 95.8 Å². The van der Waals surface area contributed by atoms with Crippen molar-refractivity contribution in [2.45, 2.75) is 38.1 Å². The number of H-pyrrole nitrogens is 1. The molecule has 4 rings (SSSR count). The molecule has 23 heavy (non-hydrogen) atoms. The molecule has 1 aliphatic heterocycles. The van der Waals surface area contributed by atoms with Crippen molar-refractivity contribution in [3.05, 3.63) is 29.6 Å². The van der Waals surface area contributed by atoms with Crippen LogP contribution in [0.25, 0.3) is 11.0 Å². The normalized spacial score (nSPS) is 31.0. The Bertz CT molecular complexity index is 740. The first-order valence-corrected chi connectivity index (χ1v) is 8.36. The molecule has 6 nitrogen and oxygen atoms in total. The molecule has 2 fully saturated rings. The number of pyridine rings is 1. The summed E-state index contributed by atoms with van der Waals surface area (Å²) >= 11 is 0. The van der Waals surface area contributed by atoms with E-state index in [0.29, 0.717) is 18.4 Å². The van der Waals surface area contributed by atoms with Gasteiger partial charge in [0.05, 0.1) is 0 Å². The molecule has 1 saturated heterocycles. The van der Waals surface area contributed by atoms with Gasteiger partial charge in [-0.2, -0.15) is 0 Å². The number of fused-ring (bicyclic) bond motifs is 2. The zero-order valence-corrected chi connectivity index (χ0v) is 13.3. The smallest absolute Gasteiger partial charge is 0.237 e. The summed E-state index contributed by atoms with van der Waals surface area (Å²) in [5.41, 5.74) is 15.2. The van der Waals surface area contributed by atoms with Crippen LogP contribution in [0.3, 0.4) is 0 Å². The van der Waals surface area contributed by atoms with Crippen LogP contribution in [0.2, 0.25) is 0 Å². The van der Waals surface area contributed by atoms with Crippen LogP contribution >= 0.6 is 0 Å². The van der Waals surface area contributed by atoms with Gasteiger partial charge in [0.1, 0.15) is 5.65 Å². The van der Waals surface area contributed by atoms with E-state index in [-0.39, 0.29) is 17.9 Å². The van der Waals surface area contributed by atoms with E-state index in [1.807, 2.05) is 12.4 Å². The van der Waals surface area contributed by atoms with Gasteiger partial charge < -0.3 is 10.7 Å². The molecule has 0 bridgehead atoms. The minimum Gasteiger partial charge on any atom is -0.346 e. The summed E-state index contributed by atoms with van der Waals surface area (Å²) < 4.78 is 0. The van der Waals surface area contributed by atoms with E-state index in [1.165, 1.54) is 16.5 Å². The van der Waals surface area contributed by atoms with Crippen LogP contribution in [0.5, 0.6) is 0 Å². The maximum Gasteiger partial charge on any atom is 0.237 e. The second kappa shape index (κ2) is 5.62. The van der Waals surface area contributed by atoms with Gasteiger partial charge in [-0.25, -0.2) is 10.4 Å². The lowest BCUT2D eigenvalue weighted by Gasteiger charge is -2.43. The van der Waals surface area contributed by atoms with E-state index >= 15 is 0 Å². The summed E-state index contributed by atoms with van der Waals surface area (Å²) in [6.07, 6.45) is 6.92. The Balaban J connectivity index is 1.62. The van der Waals surface area contributed by atoms with Crippen molar-refractivity contribution >= 4 is 16.9 Å². The lowest BCUT2D eigenvalue weighted by molar-refractivity contribution is -0.133. The summed E-state index contributed by atoms with van der Waals surface area (Å²) in [7, 11) is 0. The minimum atomic E-state index is 0.0896. The third kappa shape index (κ3) is 2.42. The predicted octanol–water partition coefficient (Wildman–Crippen LogP) is 1.33. The van der Waals surface area contributed by atoms with Crippen LogP contribution in [0.1, 0.15) is 36.3 Å². The zero-order valence-electron chi connectivity index (χ0n) is 13.3. The van der Waals surface area contributed by atoms with Crippen LogP contribution in [0.15, 0.2) is 18.5 Å². The van der Waals surface area contributed by atoms with E-state index in [1.54, 1.807) is 0 Å². The number of aromatic nitrogens is 2. The van der Waals surface area contributed by atoms with Crippen molar-refractivity contribution in [3.63, 3.8) is 0 Å². The summed E-state index contributed by atoms with van der Waals surface area (Å²) in [6, 6.07) is 2.42. The maximum atomic E-state index is 12.1. The Morgan fingerprint density at radius 2 is 2.26 bits per heavy atom. The molecule has 4 unspecified atom stereocenters. The van der Waals surface area contributed by atoms with E-state index in [0.717, 1.165) is 24.9 Å². The van der Waals surface area contributed by atoms with Crippen LogP contribution in [-0.2, 0) is 4.79 Å². The molecule has 1 amide bonds. The van der Waals surface area contributed by atoms with Crippen molar-refractivity contribution in [3.8, 4) is 0 Å². The Kier molecular flexibility index (Phi) is 3.58. The zero-order chi connectivity index (χ0) is 16.0. The number of rotatable bonds is 2. The molecule has 0 radical (unpaired) electrons. The number of hydrogen-bond acceptors (Lipinski definition) is 4. The van der Waals surface area contributed by atoms with E-state index in [4.69, 9.17) is 5.73 Å². The Morgan fingerprint density at radius 1 is 1.39 bits per heavy atom. The number of aryl methyl sites for hydroxylation is 1. The van der Waals surface area contributed by atoms with Crippen LogP contribution < -0.4 is 16.6 Å². The molecule has 3 heterocycles. The highest BCUT2D eigenvalue weighted by molar-refractivity contribution is 5.80. The fourth-order valence-corrected chi connectivity index (χ4v) is 4.25. The summed E-state index contributed by atoms with van der Waals surface area (Å²) in [5.74, 6) is 0.958. The van der Waals surface area contributed by atoms with Gasteiger partial charge in [0, 0.05) is 36.3 Å². The van der Waals surface area contributed by atoms with Crippen LogP contribution in [-0.4, -0.2) is 28.5 Å². The number of nitrogens with one attached hydrogen (secondary N) is 3. The van der Waals surface area contributed by atoms with Gasteiger partial charge >= 0.3 is 0 Å². The van der Waals surface area contributed by atoms with Gasteiger partial charge in [-0.15, -0.1) is 0 Å². The van der Waals surface area contributed by atoms with Gasteiger partial charge in [0.25, 0.3) is 0 Å². The quantitative estimate of drug-likeness (QED) is 0.672. The molecular weight excluding hydrogens is 290 g/mol. The van der Waals surface area contributed by atoms with E-state index < -0.39 is 0 Å². The number of nitrogens with zero attached hydrogens (tertiary/aromatic N) is 1. The fraction of sp³-hybridized carbons (Fsp3) is 0.529. The Morgan fingerprint density at radius 3 is 3.09 bits per heavy atom. The molecular formula is C17H23N5O. The van der Waals surface area contributed by atoms with Gasteiger partial charge in [-0.05, 0) is 55.2 Å². The first-order valence-electron chi connectivity index (χ1n) is 8.36. The van der Waals surface area contributed by atoms with Crippen LogP contribution in [0.4, 0.5) is 0 Å². The molecule has 4 atom stereocenters. The molecule has 0 aromatic carbocycles. The molecule has 2 aromatic heterocycles. The largest absolute Gasteiger partial charge is 0.346 e. The number of hydrazine groups is 1. The predicted molar refractivity (Wildman–Crippen MR) is 88.5 cm³/mol. The lowest BCUT2D eigenvalue weighted by atomic mass is 9.68. The summed E-state index contributed by atoms with van der Waals surface area (Å²) in [4.78, 5) is 19.8. The molecule has 2 aliphatic rings. The van der Waals surface area contributed by atoms with Crippen molar-refractivity contribution < 1.29 is 4.79 Å². The second-order valence-electron chi connectivity index (χ2n) is 6.89. The second-order valence-corrected chi connectivity index (χ2v) is 6.89. The molecule has 1 saturated carbocycles. The number of carbonyl (C=O) groups excluding carboxylic acids is 1. The number of carbonyl (C=O) groups is 1. The summed E-state index contributed by atoms with van der Waals surface area (Å²) in [6.45, 7) is 2.64. The highest BCUT2D eigenvalue weighted by atomic mass is 16.2. The molecule has 2 aromatic rings.